The Morgan fingerprint density at radius 3 is 2.13 bits per heavy atom. The van der Waals surface area contributed by atoms with Gasteiger partial charge in [0.2, 0.25) is 5.91 Å². The predicted molar refractivity (Wildman–Crippen MR) is 116 cm³/mol. The number of nitrogens with zero attached hydrogens (tertiary/aromatic N) is 3. The number of ether oxygens (including phenoxy) is 1. The van der Waals surface area contributed by atoms with Crippen molar-refractivity contribution in [3.05, 3.63) is 29.8 Å². The third-order valence-corrected chi connectivity index (χ3v) is 5.43. The Balaban J connectivity index is 2.00. The lowest BCUT2D eigenvalue weighted by molar-refractivity contribution is -0.136. The molecule has 1 aromatic carbocycles. The molecule has 0 aromatic heterocycles. The van der Waals surface area contributed by atoms with Gasteiger partial charge in [0.25, 0.3) is 5.91 Å². The highest BCUT2D eigenvalue weighted by molar-refractivity contribution is 5.97. The van der Waals surface area contributed by atoms with Crippen molar-refractivity contribution in [1.82, 2.24) is 15.1 Å². The normalized spacial score (nSPS) is 16.8. The van der Waals surface area contributed by atoms with E-state index in [1.165, 1.54) is 0 Å². The first-order valence-corrected chi connectivity index (χ1v) is 10.7. The van der Waals surface area contributed by atoms with Gasteiger partial charge >= 0.3 is 0 Å². The summed E-state index contributed by atoms with van der Waals surface area (Å²) < 4.78 is 5.41. The first-order valence-electron chi connectivity index (χ1n) is 10.7. The van der Waals surface area contributed by atoms with Gasteiger partial charge in [-0.05, 0) is 43.0 Å². The third-order valence-electron chi connectivity index (χ3n) is 5.43. The summed E-state index contributed by atoms with van der Waals surface area (Å²) in [6.45, 7) is 12.9. The molecule has 0 bridgehead atoms. The number of benzene rings is 1. The molecule has 2 atom stereocenters. The Hall–Kier alpha value is -2.59. The molecule has 7 nitrogen and oxygen atoms in total. The number of rotatable bonds is 8. The summed E-state index contributed by atoms with van der Waals surface area (Å²) in [4.78, 5) is 29.8. The zero-order valence-corrected chi connectivity index (χ0v) is 18.7. The summed E-state index contributed by atoms with van der Waals surface area (Å²) >= 11 is 0. The SMILES string of the molecule is CCOc1ccc(C(=O)NC(C(=O)N2CCN(C(C#N)C(C)C)CC2)C(C)C)cc1. The van der Waals surface area contributed by atoms with E-state index in [2.05, 4.69) is 16.3 Å². The Labute approximate surface area is 180 Å². The molecule has 2 amide bonds. The molecule has 0 saturated carbocycles. The molecule has 1 saturated heterocycles. The van der Waals surface area contributed by atoms with Crippen molar-refractivity contribution in [2.45, 2.75) is 46.7 Å². The van der Waals surface area contributed by atoms with E-state index in [4.69, 9.17) is 4.74 Å². The van der Waals surface area contributed by atoms with Crippen LogP contribution >= 0.6 is 0 Å². The zero-order valence-electron chi connectivity index (χ0n) is 18.7. The van der Waals surface area contributed by atoms with E-state index in [0.29, 0.717) is 44.1 Å². The molecule has 1 fully saturated rings. The zero-order chi connectivity index (χ0) is 22.3. The van der Waals surface area contributed by atoms with Crippen LogP contribution in [0.2, 0.25) is 0 Å². The lowest BCUT2D eigenvalue weighted by atomic mass is 10.0. The highest BCUT2D eigenvalue weighted by atomic mass is 16.5. The minimum absolute atomic E-state index is 0.0373. The summed E-state index contributed by atoms with van der Waals surface area (Å²) in [6, 6.07) is 8.56. The number of carbonyl (C=O) groups excluding carboxylic acids is 2. The number of hydrogen-bond donors (Lipinski definition) is 1. The topological polar surface area (TPSA) is 85.7 Å². The third kappa shape index (κ3) is 5.96. The van der Waals surface area contributed by atoms with Gasteiger partial charge in [-0.1, -0.05) is 27.7 Å². The fourth-order valence-corrected chi connectivity index (χ4v) is 3.68. The van der Waals surface area contributed by atoms with Crippen molar-refractivity contribution in [2.75, 3.05) is 32.8 Å². The molecule has 30 heavy (non-hydrogen) atoms. The largest absolute Gasteiger partial charge is 0.494 e. The van der Waals surface area contributed by atoms with E-state index in [0.717, 1.165) is 0 Å². The molecule has 1 aliphatic rings. The van der Waals surface area contributed by atoms with E-state index in [-0.39, 0.29) is 29.7 Å². The molecule has 0 aliphatic carbocycles. The summed E-state index contributed by atoms with van der Waals surface area (Å²) in [5, 5.41) is 12.3. The van der Waals surface area contributed by atoms with E-state index in [1.54, 1.807) is 29.2 Å². The maximum absolute atomic E-state index is 13.1. The average molecular weight is 415 g/mol. The summed E-state index contributed by atoms with van der Waals surface area (Å²) in [6.07, 6.45) is 0. The Kier molecular flexibility index (Phi) is 8.67. The minimum atomic E-state index is -0.590. The van der Waals surface area contributed by atoms with Gasteiger partial charge in [0.15, 0.2) is 0 Å². The van der Waals surface area contributed by atoms with Gasteiger partial charge in [-0.3, -0.25) is 14.5 Å². The second-order valence-corrected chi connectivity index (χ2v) is 8.33. The van der Waals surface area contributed by atoms with Crippen molar-refractivity contribution in [3.63, 3.8) is 0 Å². The first kappa shape index (κ1) is 23.7. The van der Waals surface area contributed by atoms with Crippen molar-refractivity contribution >= 4 is 11.8 Å². The van der Waals surface area contributed by atoms with E-state index >= 15 is 0 Å². The van der Waals surface area contributed by atoms with Crippen molar-refractivity contribution < 1.29 is 14.3 Å². The number of nitrogens with one attached hydrogen (secondary N) is 1. The maximum Gasteiger partial charge on any atom is 0.251 e. The molecular weight excluding hydrogens is 380 g/mol. The molecule has 0 radical (unpaired) electrons. The Bertz CT molecular complexity index is 747. The Morgan fingerprint density at radius 2 is 1.67 bits per heavy atom. The van der Waals surface area contributed by atoms with Gasteiger partial charge in [0.05, 0.1) is 12.7 Å². The average Bonchev–Trinajstić information content (AvgIpc) is 2.72. The number of nitriles is 1. The number of piperazine rings is 1. The maximum atomic E-state index is 13.1. The van der Waals surface area contributed by atoms with E-state index in [1.807, 2.05) is 34.6 Å². The standard InChI is InChI=1S/C23H34N4O3/c1-6-30-19-9-7-18(8-10-19)22(28)25-21(17(4)5)23(29)27-13-11-26(12-14-27)20(15-24)16(2)3/h7-10,16-17,20-21H,6,11-14H2,1-5H3,(H,25,28). The number of carbonyl (C=O) groups is 2. The summed E-state index contributed by atoms with van der Waals surface area (Å²) in [5.41, 5.74) is 0.496. The van der Waals surface area contributed by atoms with Crippen LogP contribution in [-0.2, 0) is 4.79 Å². The lowest BCUT2D eigenvalue weighted by Crippen LogP contribution is -2.58. The van der Waals surface area contributed by atoms with Crippen LogP contribution in [0.25, 0.3) is 0 Å². The monoisotopic (exact) mass is 414 g/mol. The molecule has 1 heterocycles. The summed E-state index contributed by atoms with van der Waals surface area (Å²) in [7, 11) is 0. The molecule has 164 valence electrons. The number of amides is 2. The van der Waals surface area contributed by atoms with Crippen LogP contribution < -0.4 is 10.1 Å². The van der Waals surface area contributed by atoms with Gasteiger partial charge < -0.3 is 15.0 Å². The molecule has 1 aliphatic heterocycles. The molecule has 0 spiro atoms. The second-order valence-electron chi connectivity index (χ2n) is 8.33. The van der Waals surface area contributed by atoms with E-state index in [9.17, 15) is 14.9 Å². The fraction of sp³-hybridized carbons (Fsp3) is 0.609. The van der Waals surface area contributed by atoms with Crippen molar-refractivity contribution in [2.24, 2.45) is 11.8 Å². The highest BCUT2D eigenvalue weighted by Crippen LogP contribution is 2.16. The van der Waals surface area contributed by atoms with Crippen LogP contribution in [0.15, 0.2) is 24.3 Å². The molecule has 2 unspecified atom stereocenters. The van der Waals surface area contributed by atoms with Crippen LogP contribution in [-0.4, -0.2) is 66.5 Å². The van der Waals surface area contributed by atoms with Crippen LogP contribution in [0.1, 0.15) is 45.0 Å². The highest BCUT2D eigenvalue weighted by Gasteiger charge is 2.33. The lowest BCUT2D eigenvalue weighted by Gasteiger charge is -2.39. The van der Waals surface area contributed by atoms with Crippen LogP contribution in [0, 0.1) is 23.2 Å². The van der Waals surface area contributed by atoms with Gasteiger partial charge in [-0.2, -0.15) is 5.26 Å². The van der Waals surface area contributed by atoms with Gasteiger partial charge in [-0.25, -0.2) is 0 Å². The van der Waals surface area contributed by atoms with Crippen LogP contribution in [0.4, 0.5) is 0 Å². The van der Waals surface area contributed by atoms with Crippen molar-refractivity contribution in [3.8, 4) is 11.8 Å². The summed E-state index contributed by atoms with van der Waals surface area (Å²) in [5.74, 6) is 0.578. The van der Waals surface area contributed by atoms with Gasteiger partial charge in [-0.15, -0.1) is 0 Å². The van der Waals surface area contributed by atoms with Gasteiger partial charge in [0.1, 0.15) is 17.8 Å². The van der Waals surface area contributed by atoms with Crippen molar-refractivity contribution in [1.29, 1.82) is 5.26 Å². The molecule has 2 rings (SSSR count). The Morgan fingerprint density at radius 1 is 1.07 bits per heavy atom. The van der Waals surface area contributed by atoms with Gasteiger partial charge in [0, 0.05) is 31.7 Å². The second kappa shape index (κ2) is 11.0. The first-order chi connectivity index (χ1) is 14.3. The van der Waals surface area contributed by atoms with Crippen LogP contribution in [0.3, 0.4) is 0 Å². The molecule has 1 aromatic rings. The molecule has 7 heteroatoms. The molecule has 1 N–H and O–H groups in total. The quantitative estimate of drug-likeness (QED) is 0.706. The molecular formula is C23H34N4O3. The minimum Gasteiger partial charge on any atom is -0.494 e. The van der Waals surface area contributed by atoms with Crippen LogP contribution in [0.5, 0.6) is 5.75 Å². The number of hydrogen-bond acceptors (Lipinski definition) is 5. The fourth-order valence-electron chi connectivity index (χ4n) is 3.68. The smallest absolute Gasteiger partial charge is 0.251 e. The van der Waals surface area contributed by atoms with E-state index < -0.39 is 6.04 Å². The predicted octanol–water partition coefficient (Wildman–Crippen LogP) is 2.53.